The van der Waals surface area contributed by atoms with Gasteiger partial charge < -0.3 is 0 Å². The van der Waals surface area contributed by atoms with Crippen LogP contribution >= 0.6 is 0 Å². The lowest BCUT2D eigenvalue weighted by molar-refractivity contribution is 0.241. The van der Waals surface area contributed by atoms with Crippen molar-refractivity contribution < 1.29 is 4.21 Å². The molecule has 0 bridgehead atoms. The third kappa shape index (κ3) is 13.5. The first-order valence-electron chi connectivity index (χ1n) is 13.9. The van der Waals surface area contributed by atoms with Crippen molar-refractivity contribution in [2.24, 2.45) is 17.8 Å². The van der Waals surface area contributed by atoms with E-state index in [1.54, 1.807) is 0 Å². The van der Waals surface area contributed by atoms with Crippen molar-refractivity contribution in [1.82, 2.24) is 0 Å². The Labute approximate surface area is 193 Å². The third-order valence-corrected chi connectivity index (χ3v) is 9.41. The number of hydrogen-bond acceptors (Lipinski definition) is 1. The van der Waals surface area contributed by atoms with Gasteiger partial charge in [-0.25, -0.2) is 0 Å². The van der Waals surface area contributed by atoms with E-state index >= 15 is 0 Å². The molecular weight excluding hydrogens is 384 g/mol. The largest absolute Gasteiger partial charge is 0.259 e. The van der Waals surface area contributed by atoms with Crippen molar-refractivity contribution in [3.05, 3.63) is 0 Å². The summed E-state index contributed by atoms with van der Waals surface area (Å²) in [4.78, 5) is 0. The maximum atomic E-state index is 12.9. The van der Waals surface area contributed by atoms with Crippen molar-refractivity contribution in [1.29, 1.82) is 0 Å². The van der Waals surface area contributed by atoms with Crippen LogP contribution in [0.4, 0.5) is 0 Å². The monoisotopic (exact) mass is 440 g/mol. The van der Waals surface area contributed by atoms with Crippen molar-refractivity contribution in [2.45, 2.75) is 155 Å². The van der Waals surface area contributed by atoms with Crippen molar-refractivity contribution in [2.75, 3.05) is 5.75 Å². The minimum absolute atomic E-state index is 0.477. The average Bonchev–Trinajstić information content (AvgIpc) is 2.73. The van der Waals surface area contributed by atoms with Crippen LogP contribution in [0.1, 0.15) is 150 Å². The molecule has 0 heterocycles. The highest BCUT2D eigenvalue weighted by Gasteiger charge is 2.34. The summed E-state index contributed by atoms with van der Waals surface area (Å²) in [5.74, 6) is 3.12. The predicted molar refractivity (Wildman–Crippen MR) is 138 cm³/mol. The Morgan fingerprint density at radius 1 is 0.700 bits per heavy atom. The fourth-order valence-corrected chi connectivity index (χ4v) is 7.54. The molecule has 0 amide bonds. The molecule has 0 saturated heterocycles. The molecule has 180 valence electrons. The van der Waals surface area contributed by atoms with Crippen LogP contribution in [0.3, 0.4) is 0 Å². The van der Waals surface area contributed by atoms with Gasteiger partial charge in [0.1, 0.15) is 0 Å². The fraction of sp³-hybridized carbons (Fsp3) is 1.00. The Balaban J connectivity index is 1.90. The van der Waals surface area contributed by atoms with Crippen LogP contribution in [0.15, 0.2) is 0 Å². The molecule has 4 unspecified atom stereocenters. The lowest BCUT2D eigenvalue weighted by Gasteiger charge is -2.36. The molecule has 0 radical (unpaired) electrons. The first-order valence-corrected chi connectivity index (χ1v) is 15.3. The first-order chi connectivity index (χ1) is 14.6. The second kappa shape index (κ2) is 18.7. The SMILES string of the molecule is CCCCCCCCCCCCCCCCCCS(=O)C1CC(C)CCC1C(C)C. The van der Waals surface area contributed by atoms with Gasteiger partial charge in [0.15, 0.2) is 0 Å². The zero-order valence-corrected chi connectivity index (χ0v) is 22.1. The van der Waals surface area contributed by atoms with E-state index in [1.165, 1.54) is 122 Å². The number of unbranched alkanes of at least 4 members (excludes halogenated alkanes) is 15. The summed E-state index contributed by atoms with van der Waals surface area (Å²) in [6.07, 6.45) is 26.3. The van der Waals surface area contributed by atoms with Gasteiger partial charge >= 0.3 is 0 Å². The molecular formula is C28H56OS. The lowest BCUT2D eigenvalue weighted by atomic mass is 9.77. The van der Waals surface area contributed by atoms with E-state index in [9.17, 15) is 4.21 Å². The van der Waals surface area contributed by atoms with Gasteiger partial charge in [-0.05, 0) is 37.0 Å². The molecule has 0 aromatic heterocycles. The summed E-state index contributed by atoms with van der Waals surface area (Å²) in [5, 5.41) is 0.477. The van der Waals surface area contributed by atoms with E-state index in [4.69, 9.17) is 0 Å². The van der Waals surface area contributed by atoms with Gasteiger partial charge in [0, 0.05) is 21.8 Å². The summed E-state index contributed by atoms with van der Waals surface area (Å²) >= 11 is 0. The van der Waals surface area contributed by atoms with Crippen LogP contribution in [0.5, 0.6) is 0 Å². The van der Waals surface area contributed by atoms with E-state index < -0.39 is 10.8 Å². The Hall–Kier alpha value is 0.150. The molecule has 30 heavy (non-hydrogen) atoms. The molecule has 1 aliphatic carbocycles. The predicted octanol–water partition coefficient (Wildman–Crippen LogP) is 9.46. The van der Waals surface area contributed by atoms with E-state index in [-0.39, 0.29) is 0 Å². The van der Waals surface area contributed by atoms with Gasteiger partial charge in [-0.1, -0.05) is 130 Å². The van der Waals surface area contributed by atoms with Crippen molar-refractivity contribution in [3.63, 3.8) is 0 Å². The molecule has 1 rings (SSSR count). The normalized spacial score (nSPS) is 23.2. The highest BCUT2D eigenvalue weighted by Crippen LogP contribution is 2.36. The Bertz CT molecular complexity index is 405. The van der Waals surface area contributed by atoms with Crippen LogP contribution < -0.4 is 0 Å². The molecule has 1 nitrogen and oxygen atoms in total. The highest BCUT2D eigenvalue weighted by molar-refractivity contribution is 7.85. The van der Waals surface area contributed by atoms with Gasteiger partial charge in [-0.15, -0.1) is 0 Å². The highest BCUT2D eigenvalue weighted by atomic mass is 32.2. The van der Waals surface area contributed by atoms with Crippen LogP contribution in [-0.2, 0) is 10.8 Å². The fourth-order valence-electron chi connectivity index (χ4n) is 5.36. The number of hydrogen-bond donors (Lipinski definition) is 0. The van der Waals surface area contributed by atoms with Crippen LogP contribution in [-0.4, -0.2) is 15.2 Å². The summed E-state index contributed by atoms with van der Waals surface area (Å²) in [5.41, 5.74) is 0. The molecule has 0 aliphatic heterocycles. The average molecular weight is 441 g/mol. The molecule has 0 aromatic rings. The zero-order valence-electron chi connectivity index (χ0n) is 21.3. The second-order valence-corrected chi connectivity index (χ2v) is 12.5. The molecule has 1 saturated carbocycles. The Morgan fingerprint density at radius 3 is 1.57 bits per heavy atom. The van der Waals surface area contributed by atoms with Gasteiger partial charge in [-0.3, -0.25) is 4.21 Å². The van der Waals surface area contributed by atoms with Crippen molar-refractivity contribution >= 4 is 10.8 Å². The molecule has 1 fully saturated rings. The standard InChI is InChI=1S/C28H56OS/c1-5-6-7-8-9-10-11-12-13-14-15-16-17-18-19-20-23-30(29)28-24-26(4)21-22-27(28)25(2)3/h25-28H,5-24H2,1-4H3. The van der Waals surface area contributed by atoms with Gasteiger partial charge in [0.25, 0.3) is 0 Å². The molecule has 1 aliphatic rings. The quantitative estimate of drug-likeness (QED) is 0.183. The van der Waals surface area contributed by atoms with E-state index in [1.807, 2.05) is 0 Å². The summed E-state index contributed by atoms with van der Waals surface area (Å²) in [6, 6.07) is 0. The topological polar surface area (TPSA) is 17.1 Å². The van der Waals surface area contributed by atoms with E-state index in [2.05, 4.69) is 27.7 Å². The molecule has 0 N–H and O–H groups in total. The Kier molecular flexibility index (Phi) is 17.6. The summed E-state index contributed by atoms with van der Waals surface area (Å²) < 4.78 is 12.9. The molecule has 2 heteroatoms. The molecule has 0 aromatic carbocycles. The van der Waals surface area contributed by atoms with Gasteiger partial charge in [-0.2, -0.15) is 0 Å². The van der Waals surface area contributed by atoms with Crippen LogP contribution in [0, 0.1) is 17.8 Å². The third-order valence-electron chi connectivity index (χ3n) is 7.50. The maximum absolute atomic E-state index is 12.9. The van der Waals surface area contributed by atoms with Crippen LogP contribution in [0.25, 0.3) is 0 Å². The van der Waals surface area contributed by atoms with Crippen LogP contribution in [0.2, 0.25) is 0 Å². The number of rotatable bonds is 19. The lowest BCUT2D eigenvalue weighted by Crippen LogP contribution is -2.36. The van der Waals surface area contributed by atoms with E-state index in [0.717, 1.165) is 11.7 Å². The molecule has 0 spiro atoms. The maximum Gasteiger partial charge on any atom is 0.0381 e. The van der Waals surface area contributed by atoms with Gasteiger partial charge in [0.05, 0.1) is 0 Å². The van der Waals surface area contributed by atoms with E-state index in [0.29, 0.717) is 17.1 Å². The molecule has 4 atom stereocenters. The minimum atomic E-state index is -0.595. The summed E-state index contributed by atoms with van der Waals surface area (Å²) in [6.45, 7) is 9.32. The second-order valence-electron chi connectivity index (χ2n) is 10.8. The summed E-state index contributed by atoms with van der Waals surface area (Å²) in [7, 11) is -0.595. The smallest absolute Gasteiger partial charge is 0.0381 e. The zero-order chi connectivity index (χ0) is 22.0. The van der Waals surface area contributed by atoms with Gasteiger partial charge in [0.2, 0.25) is 0 Å². The van der Waals surface area contributed by atoms with Crippen molar-refractivity contribution in [3.8, 4) is 0 Å². The minimum Gasteiger partial charge on any atom is -0.259 e. The Morgan fingerprint density at radius 2 is 1.13 bits per heavy atom. The first kappa shape index (κ1) is 28.2.